The minimum atomic E-state index is -0.644. The van der Waals surface area contributed by atoms with Gasteiger partial charge in [-0.15, -0.1) is 0 Å². The van der Waals surface area contributed by atoms with Crippen LogP contribution in [0.1, 0.15) is 32.6 Å². The predicted octanol–water partition coefficient (Wildman–Crippen LogP) is 2.21. The highest BCUT2D eigenvalue weighted by molar-refractivity contribution is 5.90. The second-order valence-corrected chi connectivity index (χ2v) is 6.28. The van der Waals surface area contributed by atoms with Gasteiger partial charge in [0.25, 0.3) is 0 Å². The number of carbonyl (C=O) groups excluding carboxylic acids is 1. The van der Waals surface area contributed by atoms with Crippen LogP contribution in [0.15, 0.2) is 24.3 Å². The third kappa shape index (κ3) is 1.57. The van der Waals surface area contributed by atoms with Crippen LogP contribution in [0.2, 0.25) is 0 Å². The van der Waals surface area contributed by atoms with Gasteiger partial charge in [-0.2, -0.15) is 0 Å². The molecule has 0 aromatic rings. The van der Waals surface area contributed by atoms with Gasteiger partial charge in [0.1, 0.15) is 6.10 Å². The van der Waals surface area contributed by atoms with Crippen LogP contribution in [-0.4, -0.2) is 22.8 Å². The maximum absolute atomic E-state index is 11.6. The first-order valence-electron chi connectivity index (χ1n) is 6.70. The fraction of sp³-hybridized carbons (Fsp3) is 0.667. The summed E-state index contributed by atoms with van der Waals surface area (Å²) < 4.78 is 5.38. The van der Waals surface area contributed by atoms with Crippen molar-refractivity contribution in [1.29, 1.82) is 0 Å². The third-order valence-electron chi connectivity index (χ3n) is 5.16. The fourth-order valence-corrected chi connectivity index (χ4v) is 4.01. The van der Waals surface area contributed by atoms with Crippen LogP contribution in [-0.2, 0) is 9.53 Å². The van der Waals surface area contributed by atoms with E-state index in [9.17, 15) is 9.90 Å². The summed E-state index contributed by atoms with van der Waals surface area (Å²) in [4.78, 5) is 11.6. The Bertz CT molecular complexity index is 435. The lowest BCUT2D eigenvalue weighted by Gasteiger charge is -2.30. The molecule has 3 aliphatic rings. The number of fused-ring (bicyclic) bond motifs is 2. The molecule has 1 N–H and O–H groups in total. The van der Waals surface area contributed by atoms with Crippen LogP contribution >= 0.6 is 0 Å². The van der Waals surface area contributed by atoms with E-state index in [-0.39, 0.29) is 23.9 Å². The normalized spacial score (nSPS) is 47.6. The lowest BCUT2D eigenvalue weighted by Crippen LogP contribution is -2.33. The van der Waals surface area contributed by atoms with Crippen molar-refractivity contribution in [1.82, 2.24) is 0 Å². The highest BCUT2D eigenvalue weighted by atomic mass is 16.6. The van der Waals surface area contributed by atoms with E-state index in [2.05, 4.69) is 13.2 Å². The van der Waals surface area contributed by atoms with E-state index in [1.165, 1.54) is 0 Å². The van der Waals surface area contributed by atoms with Gasteiger partial charge in [-0.3, -0.25) is 0 Å². The number of rotatable bonds is 0. The molecule has 3 heteroatoms. The molecule has 0 aromatic carbocycles. The summed E-state index contributed by atoms with van der Waals surface area (Å²) in [5, 5.41) is 10.5. The average molecular weight is 248 g/mol. The molecular weight excluding hydrogens is 228 g/mol. The number of aliphatic hydroxyl groups is 1. The van der Waals surface area contributed by atoms with Gasteiger partial charge in [-0.05, 0) is 38.0 Å². The Hall–Kier alpha value is -1.09. The van der Waals surface area contributed by atoms with E-state index in [4.69, 9.17) is 4.74 Å². The van der Waals surface area contributed by atoms with E-state index in [1.54, 1.807) is 0 Å². The first kappa shape index (κ1) is 12.0. The summed E-state index contributed by atoms with van der Waals surface area (Å²) in [6.07, 6.45) is 3.24. The Kier molecular flexibility index (Phi) is 2.46. The van der Waals surface area contributed by atoms with Gasteiger partial charge < -0.3 is 9.84 Å². The summed E-state index contributed by atoms with van der Waals surface area (Å²) in [6.45, 7) is 9.93. The Morgan fingerprint density at radius 1 is 1.39 bits per heavy atom. The van der Waals surface area contributed by atoms with Gasteiger partial charge >= 0.3 is 5.97 Å². The number of ether oxygens (including phenoxy) is 1. The zero-order valence-electron chi connectivity index (χ0n) is 10.8. The average Bonchev–Trinajstić information content (AvgIpc) is 2.65. The van der Waals surface area contributed by atoms with Crippen LogP contribution in [0.3, 0.4) is 0 Å². The summed E-state index contributed by atoms with van der Waals surface area (Å²) in [5.74, 6) is 0.353. The lowest BCUT2D eigenvalue weighted by molar-refractivity contribution is -0.139. The molecule has 1 aliphatic heterocycles. The maximum atomic E-state index is 11.6. The molecule has 0 bridgehead atoms. The summed E-state index contributed by atoms with van der Waals surface area (Å²) in [5.41, 5.74) is 1.07. The van der Waals surface area contributed by atoms with Gasteiger partial charge in [0.15, 0.2) is 0 Å². The molecule has 0 aromatic heterocycles. The molecule has 2 saturated carbocycles. The molecule has 2 aliphatic carbocycles. The van der Waals surface area contributed by atoms with E-state index in [1.807, 2.05) is 6.92 Å². The second-order valence-electron chi connectivity index (χ2n) is 6.28. The predicted molar refractivity (Wildman–Crippen MR) is 67.7 cm³/mol. The zero-order chi connectivity index (χ0) is 13.1. The monoisotopic (exact) mass is 248 g/mol. The van der Waals surface area contributed by atoms with E-state index >= 15 is 0 Å². The molecule has 3 nitrogen and oxygen atoms in total. The van der Waals surface area contributed by atoms with Crippen molar-refractivity contribution in [3.8, 4) is 0 Å². The molecular formula is C15H20O3. The molecule has 0 radical (unpaired) electrons. The van der Waals surface area contributed by atoms with Crippen LogP contribution in [0.25, 0.3) is 0 Å². The fourth-order valence-electron chi connectivity index (χ4n) is 4.01. The van der Waals surface area contributed by atoms with Gasteiger partial charge in [0, 0.05) is 17.9 Å². The molecule has 18 heavy (non-hydrogen) atoms. The molecule has 3 fully saturated rings. The Labute approximate surface area is 108 Å². The molecule has 1 heterocycles. The van der Waals surface area contributed by atoms with E-state index in [0.29, 0.717) is 11.5 Å². The number of carbonyl (C=O) groups is 1. The minimum absolute atomic E-state index is 0.0637. The van der Waals surface area contributed by atoms with Crippen molar-refractivity contribution in [3.63, 3.8) is 0 Å². The van der Waals surface area contributed by atoms with Crippen molar-refractivity contribution in [2.75, 3.05) is 0 Å². The number of hydrogen-bond donors (Lipinski definition) is 1. The smallest absolute Gasteiger partial charge is 0.334 e. The number of esters is 1. The summed E-state index contributed by atoms with van der Waals surface area (Å²) >= 11 is 0. The summed E-state index contributed by atoms with van der Waals surface area (Å²) in [7, 11) is 0. The highest BCUT2D eigenvalue weighted by Crippen LogP contribution is 2.52. The van der Waals surface area contributed by atoms with Gasteiger partial charge in [-0.25, -0.2) is 4.79 Å². The van der Waals surface area contributed by atoms with Crippen molar-refractivity contribution < 1.29 is 14.6 Å². The van der Waals surface area contributed by atoms with Gasteiger partial charge in [0.2, 0.25) is 0 Å². The largest absolute Gasteiger partial charge is 0.458 e. The third-order valence-corrected chi connectivity index (χ3v) is 5.16. The topological polar surface area (TPSA) is 46.5 Å². The summed E-state index contributed by atoms with van der Waals surface area (Å²) in [6, 6.07) is 0. The number of hydrogen-bond acceptors (Lipinski definition) is 3. The SMILES string of the molecule is C=C1C(=O)O[C@H]2CC(=C)[C@@H]3CC[C@@](C)(O)[C@@H]3CC12. The molecule has 98 valence electrons. The molecule has 1 unspecified atom stereocenters. The molecule has 0 spiro atoms. The van der Waals surface area contributed by atoms with Crippen LogP contribution in [0.4, 0.5) is 0 Å². The van der Waals surface area contributed by atoms with Crippen molar-refractivity contribution in [3.05, 3.63) is 24.3 Å². The van der Waals surface area contributed by atoms with Crippen molar-refractivity contribution >= 4 is 5.97 Å². The standard InChI is InChI=1S/C15H20O3/c1-8-6-13-11(9(2)14(16)18-13)7-12-10(8)4-5-15(12,3)17/h10-13,17H,1-2,4-7H2,3H3/t10-,11?,12+,13-,15+/m0/s1. The Morgan fingerprint density at radius 3 is 2.83 bits per heavy atom. The van der Waals surface area contributed by atoms with Crippen LogP contribution < -0.4 is 0 Å². The van der Waals surface area contributed by atoms with E-state index in [0.717, 1.165) is 31.3 Å². The first-order valence-corrected chi connectivity index (χ1v) is 6.70. The van der Waals surface area contributed by atoms with Crippen molar-refractivity contribution in [2.24, 2.45) is 17.8 Å². The minimum Gasteiger partial charge on any atom is -0.458 e. The van der Waals surface area contributed by atoms with Crippen molar-refractivity contribution in [2.45, 2.75) is 44.3 Å². The highest BCUT2D eigenvalue weighted by Gasteiger charge is 2.52. The van der Waals surface area contributed by atoms with Gasteiger partial charge in [-0.1, -0.05) is 18.7 Å². The van der Waals surface area contributed by atoms with Gasteiger partial charge in [0.05, 0.1) is 5.60 Å². The molecule has 0 amide bonds. The lowest BCUT2D eigenvalue weighted by atomic mass is 9.79. The Balaban J connectivity index is 1.94. The van der Waals surface area contributed by atoms with E-state index < -0.39 is 5.60 Å². The van der Waals surface area contributed by atoms with Crippen LogP contribution in [0.5, 0.6) is 0 Å². The first-order chi connectivity index (χ1) is 8.40. The molecule has 3 rings (SSSR count). The molecule has 1 saturated heterocycles. The zero-order valence-corrected chi connectivity index (χ0v) is 10.8. The maximum Gasteiger partial charge on any atom is 0.334 e. The second kappa shape index (κ2) is 3.70. The van der Waals surface area contributed by atoms with Crippen LogP contribution in [0, 0.1) is 17.8 Å². The Morgan fingerprint density at radius 2 is 2.11 bits per heavy atom. The quantitative estimate of drug-likeness (QED) is 0.406. The molecule has 5 atom stereocenters.